The topological polar surface area (TPSA) is 62.7 Å². The number of hydrogen-bond donors (Lipinski definition) is 0. The van der Waals surface area contributed by atoms with Crippen LogP contribution in [-0.4, -0.2) is 59.4 Å². The van der Waals surface area contributed by atoms with Crippen molar-refractivity contribution in [3.8, 4) is 0 Å². The summed E-state index contributed by atoms with van der Waals surface area (Å²) in [6.45, 7) is 4.31. The van der Waals surface area contributed by atoms with E-state index in [2.05, 4.69) is 9.88 Å². The zero-order valence-electron chi connectivity index (χ0n) is 16.8. The van der Waals surface area contributed by atoms with E-state index in [9.17, 15) is 22.8 Å². The highest BCUT2D eigenvalue weighted by Gasteiger charge is 2.46. The third-order valence-corrected chi connectivity index (χ3v) is 6.55. The first-order valence-corrected chi connectivity index (χ1v) is 10.4. The number of rotatable bonds is 5. The first-order valence-electron chi connectivity index (χ1n) is 10.4. The van der Waals surface area contributed by atoms with Crippen LogP contribution in [0.2, 0.25) is 0 Å². The number of likely N-dealkylation sites (tertiary alicyclic amines) is 2. The minimum Gasteiger partial charge on any atom is -0.465 e. The average molecular weight is 425 g/mol. The largest absolute Gasteiger partial charge is 0.465 e. The SMILES string of the molecule is O=C1C[C@H](CCC(=O)N2CC3(CCN(Cc4ccc(C(F)(F)F)nc4)CC3)C2)CO1. The summed E-state index contributed by atoms with van der Waals surface area (Å²) in [6, 6.07) is 2.52. The fraction of sp³-hybridized carbons (Fsp3) is 0.667. The van der Waals surface area contributed by atoms with E-state index in [1.165, 1.54) is 12.3 Å². The highest BCUT2D eigenvalue weighted by Crippen LogP contribution is 2.41. The predicted octanol–water partition coefficient (Wildman–Crippen LogP) is 2.87. The first kappa shape index (κ1) is 21.1. The molecular formula is C21H26F3N3O3. The van der Waals surface area contributed by atoms with Crippen molar-refractivity contribution in [2.24, 2.45) is 11.3 Å². The number of esters is 1. The molecule has 0 saturated carbocycles. The Morgan fingerprint density at radius 3 is 2.53 bits per heavy atom. The van der Waals surface area contributed by atoms with Gasteiger partial charge in [-0.05, 0) is 44.0 Å². The van der Waals surface area contributed by atoms with Crippen LogP contribution in [0.25, 0.3) is 0 Å². The van der Waals surface area contributed by atoms with Gasteiger partial charge in [-0.2, -0.15) is 13.2 Å². The third kappa shape index (κ3) is 4.77. The van der Waals surface area contributed by atoms with Gasteiger partial charge in [-0.3, -0.25) is 19.5 Å². The van der Waals surface area contributed by atoms with Gasteiger partial charge in [0.15, 0.2) is 0 Å². The number of aromatic nitrogens is 1. The zero-order chi connectivity index (χ0) is 21.4. The molecule has 3 fully saturated rings. The molecule has 0 unspecified atom stereocenters. The molecule has 0 aliphatic carbocycles. The molecule has 3 aliphatic rings. The molecule has 1 spiro atoms. The van der Waals surface area contributed by atoms with Crippen molar-refractivity contribution in [2.75, 3.05) is 32.8 Å². The molecule has 30 heavy (non-hydrogen) atoms. The molecule has 1 atom stereocenters. The highest BCUT2D eigenvalue weighted by molar-refractivity contribution is 5.77. The lowest BCUT2D eigenvalue weighted by Gasteiger charge is -2.54. The summed E-state index contributed by atoms with van der Waals surface area (Å²) >= 11 is 0. The van der Waals surface area contributed by atoms with Crippen LogP contribution in [0.15, 0.2) is 18.3 Å². The molecule has 3 saturated heterocycles. The molecule has 4 heterocycles. The van der Waals surface area contributed by atoms with Crippen molar-refractivity contribution < 1.29 is 27.5 Å². The molecular weight excluding hydrogens is 399 g/mol. The van der Waals surface area contributed by atoms with Crippen LogP contribution in [0, 0.1) is 11.3 Å². The molecule has 6 nitrogen and oxygen atoms in total. The van der Waals surface area contributed by atoms with Crippen molar-refractivity contribution in [1.82, 2.24) is 14.8 Å². The second kappa shape index (κ2) is 8.17. The van der Waals surface area contributed by atoms with E-state index in [0.717, 1.165) is 50.7 Å². The quantitative estimate of drug-likeness (QED) is 0.679. The van der Waals surface area contributed by atoms with Gasteiger partial charge in [0.05, 0.1) is 13.0 Å². The molecule has 4 rings (SSSR count). The summed E-state index contributed by atoms with van der Waals surface area (Å²) in [6.07, 6.45) is 0.437. The fourth-order valence-electron chi connectivity index (χ4n) is 4.62. The van der Waals surface area contributed by atoms with Gasteiger partial charge < -0.3 is 9.64 Å². The van der Waals surface area contributed by atoms with Crippen LogP contribution >= 0.6 is 0 Å². The van der Waals surface area contributed by atoms with E-state index < -0.39 is 11.9 Å². The number of hydrogen-bond acceptors (Lipinski definition) is 5. The summed E-state index contributed by atoms with van der Waals surface area (Å²) in [4.78, 5) is 31.2. The van der Waals surface area contributed by atoms with Crippen LogP contribution in [0.1, 0.15) is 43.4 Å². The fourth-order valence-corrected chi connectivity index (χ4v) is 4.62. The maximum Gasteiger partial charge on any atom is 0.433 e. The Kier molecular flexibility index (Phi) is 5.74. The minimum atomic E-state index is -4.41. The van der Waals surface area contributed by atoms with Crippen molar-refractivity contribution in [3.05, 3.63) is 29.6 Å². The van der Waals surface area contributed by atoms with E-state index >= 15 is 0 Å². The number of nitrogens with zero attached hydrogens (tertiary/aromatic N) is 3. The van der Waals surface area contributed by atoms with Crippen molar-refractivity contribution >= 4 is 11.9 Å². The Bertz CT molecular complexity index is 781. The number of piperidine rings is 1. The standard InChI is InChI=1S/C21H26F3N3O3/c22-21(23,24)17-3-1-16(10-25-17)11-26-7-5-20(6-8-26)13-27(14-20)18(28)4-2-15-9-19(29)30-12-15/h1,3,10,15H,2,4-9,11-14H2/t15-/m0/s1. The maximum absolute atomic E-state index is 12.6. The third-order valence-electron chi connectivity index (χ3n) is 6.55. The lowest BCUT2D eigenvalue weighted by molar-refractivity contribution is -0.147. The van der Waals surface area contributed by atoms with E-state index in [1.807, 2.05) is 4.90 Å². The molecule has 0 aromatic carbocycles. The lowest BCUT2D eigenvalue weighted by atomic mass is 9.71. The zero-order valence-corrected chi connectivity index (χ0v) is 16.8. The summed E-state index contributed by atoms with van der Waals surface area (Å²) in [7, 11) is 0. The monoisotopic (exact) mass is 425 g/mol. The normalized spacial score (nSPS) is 24.0. The minimum absolute atomic E-state index is 0.151. The maximum atomic E-state index is 12.6. The smallest absolute Gasteiger partial charge is 0.433 e. The van der Waals surface area contributed by atoms with Crippen LogP contribution in [0.5, 0.6) is 0 Å². The van der Waals surface area contributed by atoms with Gasteiger partial charge in [-0.25, -0.2) is 0 Å². The summed E-state index contributed by atoms with van der Waals surface area (Å²) in [5.41, 5.74) is 0.0886. The molecule has 164 valence electrons. The Morgan fingerprint density at radius 2 is 1.97 bits per heavy atom. The van der Waals surface area contributed by atoms with Crippen molar-refractivity contribution in [2.45, 2.75) is 44.8 Å². The van der Waals surface area contributed by atoms with Crippen LogP contribution < -0.4 is 0 Å². The second-order valence-electron chi connectivity index (χ2n) is 8.87. The number of cyclic esters (lactones) is 1. The molecule has 1 aromatic rings. The van der Waals surface area contributed by atoms with E-state index in [0.29, 0.717) is 32.4 Å². The van der Waals surface area contributed by atoms with Crippen molar-refractivity contribution in [3.63, 3.8) is 0 Å². The van der Waals surface area contributed by atoms with Crippen LogP contribution in [-0.2, 0) is 27.0 Å². The molecule has 1 amide bonds. The van der Waals surface area contributed by atoms with E-state index in [1.54, 1.807) is 0 Å². The summed E-state index contributed by atoms with van der Waals surface area (Å²) in [5.74, 6) is 0.145. The Morgan fingerprint density at radius 1 is 1.23 bits per heavy atom. The number of amides is 1. The first-order chi connectivity index (χ1) is 14.2. The molecule has 0 radical (unpaired) electrons. The van der Waals surface area contributed by atoms with Crippen LogP contribution in [0.4, 0.5) is 13.2 Å². The second-order valence-corrected chi connectivity index (χ2v) is 8.87. The number of carbonyl (C=O) groups is 2. The van der Waals surface area contributed by atoms with Gasteiger partial charge in [0, 0.05) is 43.6 Å². The van der Waals surface area contributed by atoms with Gasteiger partial charge in [-0.1, -0.05) is 6.07 Å². The Balaban J connectivity index is 1.18. The number of ether oxygens (including phenoxy) is 1. The Labute approximate surface area is 173 Å². The number of carbonyl (C=O) groups excluding carboxylic acids is 2. The van der Waals surface area contributed by atoms with E-state index in [-0.39, 0.29) is 23.2 Å². The van der Waals surface area contributed by atoms with Gasteiger partial charge in [0.2, 0.25) is 5.91 Å². The van der Waals surface area contributed by atoms with Crippen molar-refractivity contribution in [1.29, 1.82) is 0 Å². The van der Waals surface area contributed by atoms with Crippen LogP contribution in [0.3, 0.4) is 0 Å². The van der Waals surface area contributed by atoms with Gasteiger partial charge >= 0.3 is 12.1 Å². The number of halogens is 3. The molecule has 0 N–H and O–H groups in total. The average Bonchev–Trinajstić information content (AvgIpc) is 3.10. The predicted molar refractivity (Wildman–Crippen MR) is 101 cm³/mol. The molecule has 0 bridgehead atoms. The summed E-state index contributed by atoms with van der Waals surface area (Å²) < 4.78 is 42.8. The lowest BCUT2D eigenvalue weighted by Crippen LogP contribution is -2.61. The highest BCUT2D eigenvalue weighted by atomic mass is 19.4. The molecule has 9 heteroatoms. The molecule has 3 aliphatic heterocycles. The number of pyridine rings is 1. The Hall–Kier alpha value is -2.16. The van der Waals surface area contributed by atoms with E-state index in [4.69, 9.17) is 4.74 Å². The van der Waals surface area contributed by atoms with Gasteiger partial charge in [0.25, 0.3) is 0 Å². The number of alkyl halides is 3. The molecule has 1 aromatic heterocycles. The van der Waals surface area contributed by atoms with Gasteiger partial charge in [0.1, 0.15) is 5.69 Å². The van der Waals surface area contributed by atoms with Gasteiger partial charge in [-0.15, -0.1) is 0 Å². The summed E-state index contributed by atoms with van der Waals surface area (Å²) in [5, 5.41) is 0.